The van der Waals surface area contributed by atoms with Gasteiger partial charge in [-0.1, -0.05) is 12.1 Å². The van der Waals surface area contributed by atoms with E-state index in [1.165, 1.54) is 4.31 Å². The van der Waals surface area contributed by atoms with Crippen LogP contribution in [0.25, 0.3) is 0 Å². The van der Waals surface area contributed by atoms with E-state index in [9.17, 15) is 13.2 Å². The third-order valence-electron chi connectivity index (χ3n) is 5.41. The van der Waals surface area contributed by atoms with Crippen LogP contribution in [0.2, 0.25) is 0 Å². The molecule has 1 amide bonds. The number of morpholine rings is 1. The molecular formula is C20H31N3O4S. The summed E-state index contributed by atoms with van der Waals surface area (Å²) >= 11 is 0. The molecule has 2 fully saturated rings. The molecule has 3 rings (SSSR count). The van der Waals surface area contributed by atoms with E-state index in [4.69, 9.17) is 4.74 Å². The smallest absolute Gasteiger partial charge is 0.243 e. The molecule has 0 radical (unpaired) electrons. The highest BCUT2D eigenvalue weighted by molar-refractivity contribution is 7.89. The Hall–Kier alpha value is -1.48. The van der Waals surface area contributed by atoms with Crippen LogP contribution < -0.4 is 0 Å². The van der Waals surface area contributed by atoms with Gasteiger partial charge in [-0.3, -0.25) is 9.69 Å². The molecule has 0 unspecified atom stereocenters. The lowest BCUT2D eigenvalue weighted by Gasteiger charge is -2.38. The molecule has 0 aliphatic carbocycles. The Morgan fingerprint density at radius 1 is 1.07 bits per heavy atom. The summed E-state index contributed by atoms with van der Waals surface area (Å²) in [4.78, 5) is 16.9. The molecule has 1 aromatic rings. The maximum absolute atomic E-state index is 13.0. The summed E-state index contributed by atoms with van der Waals surface area (Å²) in [5, 5.41) is 0. The second kappa shape index (κ2) is 8.49. The standard InChI is InChI=1S/C20H31N3O4S/c1-15-5-6-16(2)19(11-15)28(25,26)23-9-7-22(8-10-23)20(24)14-21-12-17(3)27-18(4)13-21/h5-6,11,17-18H,7-10,12-14H2,1-4H3/t17-,18-/m1/s1. The second-order valence-corrected chi connectivity index (χ2v) is 9.91. The summed E-state index contributed by atoms with van der Waals surface area (Å²) < 4.78 is 33.3. The average Bonchev–Trinajstić information content (AvgIpc) is 2.63. The first-order chi connectivity index (χ1) is 13.2. The minimum absolute atomic E-state index is 0.0603. The summed E-state index contributed by atoms with van der Waals surface area (Å²) in [6.45, 7) is 11.1. The SMILES string of the molecule is Cc1ccc(C)c(S(=O)(=O)N2CCN(C(=O)CN3C[C@@H](C)O[C@H](C)C3)CC2)c1. The predicted octanol–water partition coefficient (Wildman–Crippen LogP) is 1.25. The highest BCUT2D eigenvalue weighted by Gasteiger charge is 2.32. The lowest BCUT2D eigenvalue weighted by molar-refractivity contribution is -0.137. The number of sulfonamides is 1. The summed E-state index contributed by atoms with van der Waals surface area (Å²) in [7, 11) is -3.54. The van der Waals surface area contributed by atoms with Crippen molar-refractivity contribution in [2.24, 2.45) is 0 Å². The van der Waals surface area contributed by atoms with Gasteiger partial charge in [-0.05, 0) is 44.9 Å². The van der Waals surface area contributed by atoms with E-state index in [2.05, 4.69) is 4.90 Å². The molecule has 2 aliphatic heterocycles. The third kappa shape index (κ3) is 4.74. The van der Waals surface area contributed by atoms with Crippen LogP contribution in [0.4, 0.5) is 0 Å². The number of hydrogen-bond acceptors (Lipinski definition) is 5. The third-order valence-corrected chi connectivity index (χ3v) is 7.45. The minimum atomic E-state index is -3.54. The molecule has 0 spiro atoms. The quantitative estimate of drug-likeness (QED) is 0.749. The highest BCUT2D eigenvalue weighted by atomic mass is 32.2. The number of rotatable bonds is 4. The van der Waals surface area contributed by atoms with Crippen molar-refractivity contribution in [3.05, 3.63) is 29.3 Å². The number of amides is 1. The Balaban J connectivity index is 1.59. The van der Waals surface area contributed by atoms with Crippen molar-refractivity contribution >= 4 is 15.9 Å². The van der Waals surface area contributed by atoms with Gasteiger partial charge in [-0.25, -0.2) is 8.42 Å². The van der Waals surface area contributed by atoms with Gasteiger partial charge in [0.15, 0.2) is 0 Å². The largest absolute Gasteiger partial charge is 0.373 e. The number of carbonyl (C=O) groups excluding carboxylic acids is 1. The summed E-state index contributed by atoms with van der Waals surface area (Å²) in [5.41, 5.74) is 1.67. The van der Waals surface area contributed by atoms with Gasteiger partial charge < -0.3 is 9.64 Å². The van der Waals surface area contributed by atoms with Crippen LogP contribution in [0.3, 0.4) is 0 Å². The van der Waals surface area contributed by atoms with Crippen LogP contribution in [0, 0.1) is 13.8 Å². The number of carbonyl (C=O) groups is 1. The van der Waals surface area contributed by atoms with Gasteiger partial charge >= 0.3 is 0 Å². The summed E-state index contributed by atoms with van der Waals surface area (Å²) in [5.74, 6) is 0.0603. The van der Waals surface area contributed by atoms with Crippen molar-refractivity contribution in [2.45, 2.75) is 44.8 Å². The van der Waals surface area contributed by atoms with Gasteiger partial charge in [0.05, 0.1) is 23.6 Å². The number of ether oxygens (including phenoxy) is 1. The van der Waals surface area contributed by atoms with Crippen LogP contribution in [-0.2, 0) is 19.6 Å². The van der Waals surface area contributed by atoms with Gasteiger partial charge in [0.2, 0.25) is 15.9 Å². The zero-order valence-electron chi connectivity index (χ0n) is 17.2. The molecule has 1 aromatic carbocycles. The number of nitrogens with zero attached hydrogens (tertiary/aromatic N) is 3. The molecule has 156 valence electrons. The first-order valence-electron chi connectivity index (χ1n) is 9.90. The monoisotopic (exact) mass is 409 g/mol. The Morgan fingerprint density at radius 2 is 1.68 bits per heavy atom. The van der Waals surface area contributed by atoms with Crippen molar-refractivity contribution in [1.82, 2.24) is 14.1 Å². The summed E-state index contributed by atoms with van der Waals surface area (Å²) in [6.07, 6.45) is 0.243. The molecule has 7 nitrogen and oxygen atoms in total. The van der Waals surface area contributed by atoms with E-state index in [0.717, 1.165) is 24.2 Å². The van der Waals surface area contributed by atoms with Gasteiger partial charge in [0.25, 0.3) is 0 Å². The molecule has 2 saturated heterocycles. The maximum atomic E-state index is 13.0. The van der Waals surface area contributed by atoms with Crippen molar-refractivity contribution in [3.8, 4) is 0 Å². The molecule has 8 heteroatoms. The van der Waals surface area contributed by atoms with Crippen molar-refractivity contribution in [3.63, 3.8) is 0 Å². The fourth-order valence-electron chi connectivity index (χ4n) is 4.01. The molecule has 2 atom stereocenters. The zero-order chi connectivity index (χ0) is 20.5. The highest BCUT2D eigenvalue weighted by Crippen LogP contribution is 2.22. The zero-order valence-corrected chi connectivity index (χ0v) is 18.0. The molecule has 0 aromatic heterocycles. The first kappa shape index (κ1) is 21.2. The van der Waals surface area contributed by atoms with Crippen LogP contribution in [-0.4, -0.2) is 86.5 Å². The van der Waals surface area contributed by atoms with E-state index < -0.39 is 10.0 Å². The minimum Gasteiger partial charge on any atom is -0.373 e. The van der Waals surface area contributed by atoms with Gasteiger partial charge in [-0.2, -0.15) is 4.31 Å². The topological polar surface area (TPSA) is 70.2 Å². The molecule has 0 saturated carbocycles. The van der Waals surface area contributed by atoms with Crippen LogP contribution in [0.5, 0.6) is 0 Å². The molecule has 2 aliphatic rings. The lowest BCUT2D eigenvalue weighted by atomic mass is 10.2. The normalized spacial score (nSPS) is 25.1. The Bertz CT molecular complexity index is 809. The van der Waals surface area contributed by atoms with Crippen LogP contribution >= 0.6 is 0 Å². The molecule has 0 N–H and O–H groups in total. The Morgan fingerprint density at radius 3 is 2.29 bits per heavy atom. The van der Waals surface area contributed by atoms with Crippen molar-refractivity contribution in [2.75, 3.05) is 45.8 Å². The number of aryl methyl sites for hydroxylation is 2. The van der Waals surface area contributed by atoms with E-state index >= 15 is 0 Å². The van der Waals surface area contributed by atoms with E-state index in [1.807, 2.05) is 39.8 Å². The molecule has 2 heterocycles. The van der Waals surface area contributed by atoms with Crippen LogP contribution in [0.15, 0.2) is 23.1 Å². The van der Waals surface area contributed by atoms with Gasteiger partial charge in [0, 0.05) is 39.3 Å². The molecule has 28 heavy (non-hydrogen) atoms. The van der Waals surface area contributed by atoms with E-state index in [-0.39, 0.29) is 18.1 Å². The maximum Gasteiger partial charge on any atom is 0.243 e. The van der Waals surface area contributed by atoms with Crippen molar-refractivity contribution < 1.29 is 17.9 Å². The van der Waals surface area contributed by atoms with Gasteiger partial charge in [0.1, 0.15) is 0 Å². The van der Waals surface area contributed by atoms with Gasteiger partial charge in [-0.15, -0.1) is 0 Å². The van der Waals surface area contributed by atoms with Crippen molar-refractivity contribution in [1.29, 1.82) is 0 Å². The summed E-state index contributed by atoms with van der Waals surface area (Å²) in [6, 6.07) is 5.48. The Kier molecular flexibility index (Phi) is 6.44. The predicted molar refractivity (Wildman–Crippen MR) is 108 cm³/mol. The molecular weight excluding hydrogens is 378 g/mol. The second-order valence-electron chi connectivity index (χ2n) is 8.01. The number of piperazine rings is 1. The Labute approximate surface area is 168 Å². The van der Waals surface area contributed by atoms with E-state index in [0.29, 0.717) is 37.6 Å². The number of benzene rings is 1. The average molecular weight is 410 g/mol. The molecule has 0 bridgehead atoms. The lowest BCUT2D eigenvalue weighted by Crippen LogP contribution is -2.54. The van der Waals surface area contributed by atoms with Crippen LogP contribution in [0.1, 0.15) is 25.0 Å². The fourth-order valence-corrected chi connectivity index (χ4v) is 5.74. The number of hydrogen-bond donors (Lipinski definition) is 0. The first-order valence-corrected chi connectivity index (χ1v) is 11.3. The fraction of sp³-hybridized carbons (Fsp3) is 0.650. The van der Waals surface area contributed by atoms with E-state index in [1.54, 1.807) is 11.0 Å².